The Balaban J connectivity index is -0.000000126. The van der Waals surface area contributed by atoms with E-state index in [-0.39, 0.29) is 35.5 Å². The Morgan fingerprint density at radius 2 is 0.738 bits per heavy atom. The molecule has 0 aromatic rings. The molecule has 15 N–H and O–H groups in total. The zero-order chi connectivity index (χ0) is 64.5. The van der Waals surface area contributed by atoms with Gasteiger partial charge in [-0.3, -0.25) is 19.6 Å². The number of carbonyl (C=O) groups is 4. The van der Waals surface area contributed by atoms with Gasteiger partial charge in [0.05, 0.1) is 56.3 Å². The summed E-state index contributed by atoms with van der Waals surface area (Å²) in [6.45, 7) is 46.0. The molecule has 0 bridgehead atoms. The predicted molar refractivity (Wildman–Crippen MR) is 343 cm³/mol. The zero-order valence-electron chi connectivity index (χ0n) is 57.5. The van der Waals surface area contributed by atoms with Crippen LogP contribution in [0, 0.1) is 47.3 Å². The number of rotatable bonds is 34. The van der Waals surface area contributed by atoms with Crippen LogP contribution in [0.25, 0.3) is 0 Å². The molecule has 4 atom stereocenters. The van der Waals surface area contributed by atoms with Gasteiger partial charge >= 0.3 is 0 Å². The Morgan fingerprint density at radius 3 is 0.950 bits per heavy atom. The number of hydrogen-bond acceptors (Lipinski definition) is 11. The SMILES string of the molecule is CC(=O)C(N)CCCCC(C)C.CC(=O)C(N)CCCN=C(N)C(C)C.CC(C)C(N)=NCCCC([NH3+])C(=O)[O-].CC(C)CCCCC([NH3+])C(=O)[O-].CC(C)CCN(C)C.CC(C)CC[NH+](C)C.CCCC(C)C.CCCC(C)C. The van der Waals surface area contributed by atoms with Gasteiger partial charge in [-0.05, 0) is 115 Å². The molecule has 16 heteroatoms. The summed E-state index contributed by atoms with van der Waals surface area (Å²) in [6.07, 6.45) is 19.0. The predicted octanol–water partition coefficient (Wildman–Crippen LogP) is 7.17. The number of carboxylic acids is 2. The first-order valence-corrected chi connectivity index (χ1v) is 31.4. The van der Waals surface area contributed by atoms with E-state index in [2.05, 4.69) is 151 Å². The summed E-state index contributed by atoms with van der Waals surface area (Å²) in [4.78, 5) is 54.2. The van der Waals surface area contributed by atoms with Crippen molar-refractivity contribution in [3.8, 4) is 0 Å². The first-order chi connectivity index (χ1) is 36.8. The Kier molecular flexibility index (Phi) is 76.0. The van der Waals surface area contributed by atoms with Crippen molar-refractivity contribution in [2.45, 2.75) is 278 Å². The molecular weight excluding hydrogens is 1000 g/mol. The van der Waals surface area contributed by atoms with E-state index in [1.165, 1.54) is 77.8 Å². The van der Waals surface area contributed by atoms with Crippen LogP contribution in [0.3, 0.4) is 0 Å². The molecule has 0 aromatic heterocycles. The van der Waals surface area contributed by atoms with Gasteiger partial charge in [-0.15, -0.1) is 0 Å². The van der Waals surface area contributed by atoms with Crippen LogP contribution >= 0.6 is 0 Å². The molecule has 0 saturated carbocycles. The number of aliphatic imine (C=N–C) groups is 2. The average Bonchev–Trinajstić information content (AvgIpc) is 3.33. The van der Waals surface area contributed by atoms with Gasteiger partial charge in [0.2, 0.25) is 0 Å². The first kappa shape index (κ1) is 93.4. The number of ketones is 2. The normalized spacial score (nSPS) is 12.8. The summed E-state index contributed by atoms with van der Waals surface area (Å²) < 4.78 is 0. The van der Waals surface area contributed by atoms with Gasteiger partial charge in [-0.2, -0.15) is 0 Å². The van der Waals surface area contributed by atoms with Crippen LogP contribution in [-0.4, -0.2) is 119 Å². The van der Waals surface area contributed by atoms with Crippen LogP contribution in [-0.2, 0) is 19.2 Å². The molecule has 0 radical (unpaired) electrons. The Morgan fingerprint density at radius 1 is 0.463 bits per heavy atom. The second-order valence-electron chi connectivity index (χ2n) is 25.5. The monoisotopic (exact) mass is 1150 g/mol. The lowest BCUT2D eigenvalue weighted by Crippen LogP contribution is -3.05. The molecule has 0 fully saturated rings. The molecule has 0 aliphatic carbocycles. The first-order valence-electron chi connectivity index (χ1n) is 31.4. The number of nitrogens with zero attached hydrogens (tertiary/aromatic N) is 3. The maximum absolute atomic E-state index is 10.8. The minimum absolute atomic E-state index is 0.0332. The number of hydrogen-bond donors (Lipinski definition) is 7. The van der Waals surface area contributed by atoms with Crippen LogP contribution in [0.15, 0.2) is 9.98 Å². The van der Waals surface area contributed by atoms with E-state index in [9.17, 15) is 29.4 Å². The van der Waals surface area contributed by atoms with Crippen LogP contribution in [0.5, 0.6) is 0 Å². The number of carboxylic acid groups (broad SMARTS) is 2. The number of quaternary nitrogens is 3. The lowest BCUT2D eigenvalue weighted by molar-refractivity contribution is -0.858. The molecule has 16 nitrogen and oxygen atoms in total. The highest BCUT2D eigenvalue weighted by Gasteiger charge is 2.09. The van der Waals surface area contributed by atoms with E-state index in [0.717, 1.165) is 61.7 Å². The summed E-state index contributed by atoms with van der Waals surface area (Å²) in [5.74, 6) is 4.79. The van der Waals surface area contributed by atoms with E-state index in [1.54, 1.807) is 11.8 Å². The van der Waals surface area contributed by atoms with Gasteiger partial charge in [0.1, 0.15) is 23.7 Å². The van der Waals surface area contributed by atoms with E-state index in [0.29, 0.717) is 56.4 Å². The van der Waals surface area contributed by atoms with Gasteiger partial charge in [-0.1, -0.05) is 182 Å². The minimum atomic E-state index is -1.11. The van der Waals surface area contributed by atoms with Crippen molar-refractivity contribution in [1.82, 2.24) is 4.90 Å². The van der Waals surface area contributed by atoms with Crippen molar-refractivity contribution in [1.29, 1.82) is 0 Å². The number of Topliss-reactive ketones (excluding diaryl/α,β-unsaturated/α-hetero) is 2. The van der Waals surface area contributed by atoms with Crippen molar-refractivity contribution in [3.05, 3.63) is 0 Å². The van der Waals surface area contributed by atoms with Gasteiger partial charge in [0, 0.05) is 37.8 Å². The van der Waals surface area contributed by atoms with Crippen molar-refractivity contribution in [2.24, 2.45) is 80.3 Å². The molecule has 80 heavy (non-hydrogen) atoms. The van der Waals surface area contributed by atoms with Gasteiger partial charge < -0.3 is 64.0 Å². The molecule has 484 valence electrons. The van der Waals surface area contributed by atoms with Crippen molar-refractivity contribution < 1.29 is 45.8 Å². The van der Waals surface area contributed by atoms with E-state index in [1.807, 2.05) is 27.7 Å². The van der Waals surface area contributed by atoms with Crippen molar-refractivity contribution in [2.75, 3.05) is 54.4 Å². The molecule has 0 saturated heterocycles. The number of amidine groups is 2. The van der Waals surface area contributed by atoms with E-state index >= 15 is 0 Å². The van der Waals surface area contributed by atoms with E-state index in [4.69, 9.17) is 22.9 Å². The quantitative estimate of drug-likeness (QED) is 0.0192. The van der Waals surface area contributed by atoms with E-state index < -0.39 is 24.0 Å². The highest BCUT2D eigenvalue weighted by molar-refractivity contribution is 5.83. The second-order valence-corrected chi connectivity index (χ2v) is 25.5. The summed E-state index contributed by atoms with van der Waals surface area (Å²) in [5.41, 5.74) is 29.3. The highest BCUT2D eigenvalue weighted by Crippen LogP contribution is 2.10. The highest BCUT2D eigenvalue weighted by atomic mass is 16.4. The van der Waals surface area contributed by atoms with Gasteiger partial charge in [-0.25, -0.2) is 0 Å². The van der Waals surface area contributed by atoms with Crippen molar-refractivity contribution >= 4 is 35.2 Å². The summed E-state index contributed by atoms with van der Waals surface area (Å²) >= 11 is 0. The molecular formula is C64H143N10O6+. The lowest BCUT2D eigenvalue weighted by atomic mass is 10.0. The maximum atomic E-state index is 10.8. The Bertz CT molecular complexity index is 1300. The fraction of sp³-hybridized carbons (Fsp3) is 0.906. The molecule has 0 aliphatic heterocycles. The molecule has 0 amide bonds. The fourth-order valence-corrected chi connectivity index (χ4v) is 6.18. The Labute approximate surface area is 496 Å². The third-order valence-corrected chi connectivity index (χ3v) is 12.1. The summed E-state index contributed by atoms with van der Waals surface area (Å²) in [6, 6.07) is -1.75. The number of aliphatic carboxylic acids is 2. The third kappa shape index (κ3) is 97.2. The van der Waals surface area contributed by atoms with Gasteiger partial charge in [0.15, 0.2) is 0 Å². The molecule has 0 rings (SSSR count). The maximum Gasteiger partial charge on any atom is 0.146 e. The average molecular weight is 1150 g/mol. The number of nitrogens with two attached hydrogens (primary N) is 4. The van der Waals surface area contributed by atoms with Crippen molar-refractivity contribution in [3.63, 3.8) is 0 Å². The summed E-state index contributed by atoms with van der Waals surface area (Å²) in [5, 5.41) is 20.6. The Hall–Kier alpha value is -3.02. The van der Waals surface area contributed by atoms with Crippen LogP contribution < -0.4 is 49.5 Å². The summed E-state index contributed by atoms with van der Waals surface area (Å²) in [7, 11) is 8.62. The zero-order valence-corrected chi connectivity index (χ0v) is 57.5. The molecule has 0 spiro atoms. The van der Waals surface area contributed by atoms with Crippen LogP contribution in [0.1, 0.15) is 254 Å². The fourth-order valence-electron chi connectivity index (χ4n) is 6.18. The number of unbranched alkanes of at least 4 members (excludes halogenated alkanes) is 2. The standard InChI is InChI=1S/C10H21N3O.C10H21NO.C9H19N3O2.C9H19NO2.2C7H17N.2C6H14/c1-7(2)10(12)13-6-4-5-9(11)8(3)14;1-8(2)6-4-5-7-10(11)9(3)12;1-6(2)8(11)12-5-3-4-7(10)9(13)14;1-7(2)5-3-4-6-8(10)9(11)12;2*1-7(2)5-6-8(3)4;2*1-4-5-6(2)3/h7,9H,4-6,11H2,1-3H3,(H2,12,13);8,10H,4-7,11H2,1-3H3;6-7H,3-5,10H2,1-2H3,(H2,11,12)(H,13,14);7-8H,3-6,10H2,1-2H3,(H,11,12);2*7H,5-6H2,1-4H3;2*6H,4-5H2,1-3H3/p+1. The second kappa shape index (κ2) is 65.1. The third-order valence-electron chi connectivity index (χ3n) is 12.1. The largest absolute Gasteiger partial charge is 0.544 e. The number of nitrogens with one attached hydrogen (secondary N) is 1. The lowest BCUT2D eigenvalue weighted by Gasteiger charge is -2.10. The molecule has 0 aliphatic rings. The van der Waals surface area contributed by atoms with Crippen LogP contribution in [0.4, 0.5) is 0 Å². The van der Waals surface area contributed by atoms with Crippen LogP contribution in [0.2, 0.25) is 0 Å². The molecule has 4 unspecified atom stereocenters. The smallest absolute Gasteiger partial charge is 0.146 e. The molecule has 0 aromatic carbocycles. The molecule has 0 heterocycles. The topological polar surface area (TPSA) is 306 Å². The number of carbonyl (C=O) groups excluding carboxylic acids is 4. The van der Waals surface area contributed by atoms with Gasteiger partial charge in [0.25, 0.3) is 0 Å². The minimum Gasteiger partial charge on any atom is -0.544 e.